The number of esters is 1. The van der Waals surface area contributed by atoms with E-state index >= 15 is 0 Å². The average molecular weight is 397 g/mol. The second-order valence-electron chi connectivity index (χ2n) is 7.09. The fraction of sp³-hybridized carbons (Fsp3) is 0.750. The van der Waals surface area contributed by atoms with E-state index in [1.165, 1.54) is 0 Å². The number of hydrogen-bond acceptors (Lipinski definition) is 6. The summed E-state index contributed by atoms with van der Waals surface area (Å²) in [6, 6.07) is 0. The molecule has 2 heterocycles. The van der Waals surface area contributed by atoms with Crippen LogP contribution >= 0.6 is 0 Å². The molecule has 2 aliphatic heterocycles. The summed E-state index contributed by atoms with van der Waals surface area (Å²) in [5.41, 5.74) is 0. The highest BCUT2D eigenvalue weighted by atomic mass is 16.5. The lowest BCUT2D eigenvalue weighted by molar-refractivity contribution is -0.146. The number of likely N-dealkylation sites (tertiary alicyclic amines) is 1. The minimum absolute atomic E-state index is 0.0268. The van der Waals surface area contributed by atoms with Crippen molar-refractivity contribution in [2.24, 2.45) is 0 Å². The van der Waals surface area contributed by atoms with Crippen LogP contribution in [0, 0.1) is 0 Å². The number of ether oxygens (including phenoxy) is 1. The van der Waals surface area contributed by atoms with Gasteiger partial charge in [-0.3, -0.25) is 14.4 Å². The molecule has 0 saturated carbocycles. The van der Waals surface area contributed by atoms with E-state index in [9.17, 15) is 14.4 Å². The molecule has 2 fully saturated rings. The molecule has 0 spiro atoms. The Bertz CT molecular complexity index is 504. The number of nitrogens with zero attached hydrogens (tertiary/aromatic N) is 3. The van der Waals surface area contributed by atoms with Crippen molar-refractivity contribution in [2.75, 3.05) is 60.0 Å². The summed E-state index contributed by atoms with van der Waals surface area (Å²) in [6.45, 7) is 8.36. The standard InChI is InChI=1S/C17H29N3O4.C3H7N/c1-18-10-12-20(13-11-18)16(22)6-7-17(23)24-14-4-9-19-8-3-2-5-15(19)21;1-3-4-2/h2-14H2,1H3;3-4H,1H2,2H3. The molecule has 8 nitrogen and oxygen atoms in total. The molecular formula is C20H36N4O4. The fourth-order valence-electron chi connectivity index (χ4n) is 3.03. The Morgan fingerprint density at radius 2 is 1.82 bits per heavy atom. The Morgan fingerprint density at radius 3 is 2.43 bits per heavy atom. The van der Waals surface area contributed by atoms with Crippen LogP contribution in [0.15, 0.2) is 12.8 Å². The number of hydrogen-bond donors (Lipinski definition) is 1. The van der Waals surface area contributed by atoms with Crippen molar-refractivity contribution in [1.82, 2.24) is 20.0 Å². The molecule has 0 aromatic rings. The van der Waals surface area contributed by atoms with Gasteiger partial charge in [0.15, 0.2) is 0 Å². The predicted molar refractivity (Wildman–Crippen MR) is 109 cm³/mol. The van der Waals surface area contributed by atoms with Crippen LogP contribution in [0.1, 0.15) is 38.5 Å². The molecule has 160 valence electrons. The highest BCUT2D eigenvalue weighted by molar-refractivity contribution is 5.81. The Morgan fingerprint density at radius 1 is 1.14 bits per heavy atom. The molecule has 0 aromatic heterocycles. The molecule has 0 bridgehead atoms. The molecule has 0 aliphatic carbocycles. The van der Waals surface area contributed by atoms with Gasteiger partial charge in [0.2, 0.25) is 11.8 Å². The predicted octanol–water partition coefficient (Wildman–Crippen LogP) is 0.836. The van der Waals surface area contributed by atoms with Gasteiger partial charge < -0.3 is 24.8 Å². The lowest BCUT2D eigenvalue weighted by atomic mass is 10.1. The van der Waals surface area contributed by atoms with E-state index in [0.29, 0.717) is 26.0 Å². The molecule has 0 atom stereocenters. The van der Waals surface area contributed by atoms with Gasteiger partial charge >= 0.3 is 5.97 Å². The van der Waals surface area contributed by atoms with Crippen LogP contribution in [-0.4, -0.2) is 92.5 Å². The molecule has 0 aromatic carbocycles. The third-order valence-electron chi connectivity index (χ3n) is 4.86. The summed E-state index contributed by atoms with van der Waals surface area (Å²) in [7, 11) is 3.85. The monoisotopic (exact) mass is 396 g/mol. The number of amides is 2. The molecule has 1 N–H and O–H groups in total. The number of carbonyl (C=O) groups is 3. The summed E-state index contributed by atoms with van der Waals surface area (Å²) >= 11 is 0. The van der Waals surface area contributed by atoms with Crippen molar-refractivity contribution in [3.05, 3.63) is 12.8 Å². The summed E-state index contributed by atoms with van der Waals surface area (Å²) in [5.74, 6) is -0.105. The Balaban J connectivity index is 0.000000892. The quantitative estimate of drug-likeness (QED) is 0.484. The van der Waals surface area contributed by atoms with Gasteiger partial charge in [0.1, 0.15) is 0 Å². The Hall–Kier alpha value is -2.09. The highest BCUT2D eigenvalue weighted by Gasteiger charge is 2.20. The van der Waals surface area contributed by atoms with E-state index in [-0.39, 0.29) is 30.6 Å². The average Bonchev–Trinajstić information content (AvgIpc) is 2.71. The molecular weight excluding hydrogens is 360 g/mol. The fourth-order valence-corrected chi connectivity index (χ4v) is 3.03. The summed E-state index contributed by atoms with van der Waals surface area (Å²) in [4.78, 5) is 41.2. The van der Waals surface area contributed by atoms with Gasteiger partial charge in [0.25, 0.3) is 0 Å². The SMILES string of the molecule is C=CNC.CN1CCN(C(=O)CCC(=O)OCCCN2CCCCC2=O)CC1. The van der Waals surface area contributed by atoms with Crippen molar-refractivity contribution in [3.8, 4) is 0 Å². The van der Waals surface area contributed by atoms with E-state index in [4.69, 9.17) is 4.74 Å². The van der Waals surface area contributed by atoms with E-state index in [1.54, 1.807) is 6.20 Å². The maximum absolute atomic E-state index is 12.0. The third-order valence-corrected chi connectivity index (χ3v) is 4.86. The number of piperazine rings is 1. The lowest BCUT2D eigenvalue weighted by Crippen LogP contribution is -2.47. The van der Waals surface area contributed by atoms with Crippen LogP contribution in [0.5, 0.6) is 0 Å². The Kier molecular flexibility index (Phi) is 12.0. The van der Waals surface area contributed by atoms with Gasteiger partial charge in [-0.15, -0.1) is 0 Å². The molecule has 0 radical (unpaired) electrons. The van der Waals surface area contributed by atoms with Crippen LogP contribution in [0.4, 0.5) is 0 Å². The number of carbonyl (C=O) groups excluding carboxylic acids is 3. The topological polar surface area (TPSA) is 82.2 Å². The second kappa shape index (κ2) is 14.0. The van der Waals surface area contributed by atoms with Crippen LogP contribution < -0.4 is 5.32 Å². The van der Waals surface area contributed by atoms with Crippen molar-refractivity contribution in [2.45, 2.75) is 38.5 Å². The third kappa shape index (κ3) is 9.73. The minimum Gasteiger partial charge on any atom is -0.466 e. The summed E-state index contributed by atoms with van der Waals surface area (Å²) in [6.07, 6.45) is 5.30. The van der Waals surface area contributed by atoms with Gasteiger partial charge in [0, 0.05) is 59.2 Å². The van der Waals surface area contributed by atoms with Crippen molar-refractivity contribution >= 4 is 17.8 Å². The molecule has 8 heteroatoms. The number of likely N-dealkylation sites (N-methyl/N-ethyl adjacent to an activating group) is 1. The van der Waals surface area contributed by atoms with Crippen molar-refractivity contribution in [1.29, 1.82) is 0 Å². The highest BCUT2D eigenvalue weighted by Crippen LogP contribution is 2.10. The molecule has 2 rings (SSSR count). The number of rotatable bonds is 8. The second-order valence-corrected chi connectivity index (χ2v) is 7.09. The lowest BCUT2D eigenvalue weighted by Gasteiger charge is -2.32. The van der Waals surface area contributed by atoms with Crippen LogP contribution in [-0.2, 0) is 19.1 Å². The van der Waals surface area contributed by atoms with Crippen LogP contribution in [0.2, 0.25) is 0 Å². The van der Waals surface area contributed by atoms with Gasteiger partial charge in [0.05, 0.1) is 13.0 Å². The molecule has 2 amide bonds. The first-order chi connectivity index (χ1) is 13.5. The zero-order valence-corrected chi connectivity index (χ0v) is 17.5. The van der Waals surface area contributed by atoms with E-state index in [1.807, 2.05) is 23.9 Å². The zero-order valence-electron chi connectivity index (χ0n) is 17.5. The van der Waals surface area contributed by atoms with Gasteiger partial charge in [-0.05, 0) is 32.5 Å². The minimum atomic E-state index is -0.331. The van der Waals surface area contributed by atoms with Gasteiger partial charge in [-0.25, -0.2) is 0 Å². The van der Waals surface area contributed by atoms with E-state index in [0.717, 1.165) is 45.6 Å². The van der Waals surface area contributed by atoms with Gasteiger partial charge in [-0.2, -0.15) is 0 Å². The maximum Gasteiger partial charge on any atom is 0.306 e. The van der Waals surface area contributed by atoms with Crippen LogP contribution in [0.3, 0.4) is 0 Å². The summed E-state index contributed by atoms with van der Waals surface area (Å²) < 4.78 is 5.17. The first kappa shape index (κ1) is 23.9. The van der Waals surface area contributed by atoms with E-state index < -0.39 is 0 Å². The summed E-state index contributed by atoms with van der Waals surface area (Å²) in [5, 5.41) is 2.69. The van der Waals surface area contributed by atoms with E-state index in [2.05, 4.69) is 16.8 Å². The Labute approximate surface area is 168 Å². The molecule has 2 saturated heterocycles. The van der Waals surface area contributed by atoms with Crippen molar-refractivity contribution < 1.29 is 19.1 Å². The smallest absolute Gasteiger partial charge is 0.306 e. The number of nitrogens with one attached hydrogen (secondary N) is 1. The number of piperidine rings is 1. The maximum atomic E-state index is 12.0. The molecule has 0 unspecified atom stereocenters. The first-order valence-electron chi connectivity index (χ1n) is 10.2. The first-order valence-corrected chi connectivity index (χ1v) is 10.2. The largest absolute Gasteiger partial charge is 0.466 e. The van der Waals surface area contributed by atoms with Crippen LogP contribution in [0.25, 0.3) is 0 Å². The normalized spacial score (nSPS) is 17.4. The molecule has 2 aliphatic rings. The molecule has 28 heavy (non-hydrogen) atoms. The zero-order chi connectivity index (χ0) is 20.8. The van der Waals surface area contributed by atoms with Gasteiger partial charge in [-0.1, -0.05) is 6.58 Å². The van der Waals surface area contributed by atoms with Crippen molar-refractivity contribution in [3.63, 3.8) is 0 Å².